The number of terminal acetylenes is 1. The van der Waals surface area contributed by atoms with E-state index in [9.17, 15) is 0 Å². The number of allylic oxidation sites excluding steroid dienone is 1. The van der Waals surface area contributed by atoms with Crippen molar-refractivity contribution >= 4 is 15.9 Å². The molecule has 0 nitrogen and oxygen atoms in total. The van der Waals surface area contributed by atoms with Crippen molar-refractivity contribution in [2.75, 3.05) is 0 Å². The minimum Gasteiger partial charge on any atom is -0.120 e. The maximum Gasteiger partial charge on any atom is 0.00860 e. The maximum atomic E-state index is 5.12. The third kappa shape index (κ3) is 9.78. The van der Waals surface area contributed by atoms with Crippen LogP contribution < -0.4 is 0 Å². The average molecular weight is 215 g/mol. The fourth-order valence-corrected chi connectivity index (χ4v) is 1.18. The van der Waals surface area contributed by atoms with Crippen LogP contribution in [0.5, 0.6) is 0 Å². The van der Waals surface area contributed by atoms with Gasteiger partial charge in [0.15, 0.2) is 0 Å². The highest BCUT2D eigenvalue weighted by atomic mass is 79.9. The van der Waals surface area contributed by atoms with Crippen molar-refractivity contribution in [1.29, 1.82) is 0 Å². The van der Waals surface area contributed by atoms with Crippen molar-refractivity contribution in [2.45, 2.75) is 38.5 Å². The summed E-state index contributed by atoms with van der Waals surface area (Å²) in [6.45, 7) is 3.77. The number of hydrogen-bond acceptors (Lipinski definition) is 0. The molecule has 11 heavy (non-hydrogen) atoms. The zero-order valence-corrected chi connectivity index (χ0v) is 8.49. The van der Waals surface area contributed by atoms with Crippen LogP contribution in [0, 0.1) is 12.3 Å². The first-order valence-electron chi connectivity index (χ1n) is 4.04. The van der Waals surface area contributed by atoms with E-state index in [-0.39, 0.29) is 0 Å². The predicted molar refractivity (Wildman–Crippen MR) is 54.6 cm³/mol. The van der Waals surface area contributed by atoms with Crippen molar-refractivity contribution in [1.82, 2.24) is 0 Å². The Morgan fingerprint density at radius 2 is 1.91 bits per heavy atom. The van der Waals surface area contributed by atoms with Gasteiger partial charge in [-0.05, 0) is 23.7 Å². The molecule has 0 saturated heterocycles. The number of hydrogen-bond donors (Lipinski definition) is 0. The van der Waals surface area contributed by atoms with Gasteiger partial charge in [-0.3, -0.25) is 0 Å². The van der Waals surface area contributed by atoms with E-state index in [1.54, 1.807) is 0 Å². The van der Waals surface area contributed by atoms with Gasteiger partial charge < -0.3 is 0 Å². The Morgan fingerprint density at radius 3 is 2.45 bits per heavy atom. The van der Waals surface area contributed by atoms with Gasteiger partial charge in [0.25, 0.3) is 0 Å². The Balaban J connectivity index is 2.92. The smallest absolute Gasteiger partial charge is 0.00860 e. The highest BCUT2D eigenvalue weighted by Gasteiger charge is 1.90. The van der Waals surface area contributed by atoms with Gasteiger partial charge in [0.2, 0.25) is 0 Å². The first-order valence-corrected chi connectivity index (χ1v) is 4.83. The first kappa shape index (κ1) is 10.8. The molecule has 62 valence electrons. The molecular formula is C10H15Br. The van der Waals surface area contributed by atoms with Gasteiger partial charge in [0.1, 0.15) is 0 Å². The normalized spacial score (nSPS) is 9.09. The Labute approximate surface area is 78.2 Å². The first-order chi connectivity index (χ1) is 5.27. The molecule has 1 heteroatoms. The summed E-state index contributed by atoms with van der Waals surface area (Å²) >= 11 is 3.33. The average Bonchev–Trinajstić information content (AvgIpc) is 1.96. The van der Waals surface area contributed by atoms with Crippen LogP contribution in [0.1, 0.15) is 38.5 Å². The quantitative estimate of drug-likeness (QED) is 0.466. The Morgan fingerprint density at radius 1 is 1.27 bits per heavy atom. The molecule has 0 unspecified atom stereocenters. The molecule has 0 spiro atoms. The topological polar surface area (TPSA) is 0 Å². The molecule has 0 saturated carbocycles. The zero-order chi connectivity index (χ0) is 8.53. The van der Waals surface area contributed by atoms with Crippen molar-refractivity contribution in [3.63, 3.8) is 0 Å². The third-order valence-electron chi connectivity index (χ3n) is 1.52. The number of halogens is 1. The lowest BCUT2D eigenvalue weighted by Gasteiger charge is -1.97. The Kier molecular flexibility index (Phi) is 7.72. The van der Waals surface area contributed by atoms with Gasteiger partial charge in [0, 0.05) is 6.42 Å². The van der Waals surface area contributed by atoms with Crippen LogP contribution in [0.25, 0.3) is 0 Å². The second kappa shape index (κ2) is 7.88. The highest BCUT2D eigenvalue weighted by Crippen LogP contribution is 2.13. The molecule has 0 amide bonds. The van der Waals surface area contributed by atoms with Crippen molar-refractivity contribution < 1.29 is 0 Å². The lowest BCUT2D eigenvalue weighted by Crippen LogP contribution is -1.77. The summed E-state index contributed by atoms with van der Waals surface area (Å²) in [4.78, 5) is 0. The molecule has 0 aromatic heterocycles. The molecule has 0 atom stereocenters. The molecule has 0 fully saturated rings. The second-order valence-corrected chi connectivity index (χ2v) is 3.76. The zero-order valence-electron chi connectivity index (χ0n) is 6.91. The van der Waals surface area contributed by atoms with Crippen molar-refractivity contribution in [3.05, 3.63) is 11.1 Å². The van der Waals surface area contributed by atoms with Crippen LogP contribution in [0.3, 0.4) is 0 Å². The van der Waals surface area contributed by atoms with E-state index >= 15 is 0 Å². The van der Waals surface area contributed by atoms with Crippen LogP contribution in [0.15, 0.2) is 11.1 Å². The van der Waals surface area contributed by atoms with Gasteiger partial charge in [0.05, 0.1) is 0 Å². The minimum atomic E-state index is 0.926. The lowest BCUT2D eigenvalue weighted by atomic mass is 10.1. The van der Waals surface area contributed by atoms with E-state index in [4.69, 9.17) is 6.42 Å². The summed E-state index contributed by atoms with van der Waals surface area (Å²) in [7, 11) is 0. The fraction of sp³-hybridized carbons (Fsp3) is 0.600. The van der Waals surface area contributed by atoms with Gasteiger partial charge in [-0.25, -0.2) is 0 Å². The van der Waals surface area contributed by atoms with Crippen LogP contribution >= 0.6 is 15.9 Å². The van der Waals surface area contributed by atoms with Gasteiger partial charge in [-0.1, -0.05) is 35.4 Å². The molecule has 0 aromatic carbocycles. The summed E-state index contributed by atoms with van der Waals surface area (Å²) in [6.07, 6.45) is 12.1. The molecule has 0 N–H and O–H groups in total. The molecule has 0 aliphatic rings. The van der Waals surface area contributed by atoms with E-state index in [1.165, 1.54) is 25.7 Å². The largest absolute Gasteiger partial charge is 0.120 e. The van der Waals surface area contributed by atoms with Gasteiger partial charge >= 0.3 is 0 Å². The second-order valence-electron chi connectivity index (χ2n) is 2.64. The summed E-state index contributed by atoms with van der Waals surface area (Å²) < 4.78 is 1.11. The predicted octanol–water partition coefficient (Wildman–Crippen LogP) is 3.87. The highest BCUT2D eigenvalue weighted by molar-refractivity contribution is 9.11. The van der Waals surface area contributed by atoms with Gasteiger partial charge in [-0.2, -0.15) is 0 Å². The lowest BCUT2D eigenvalue weighted by molar-refractivity contribution is 0.655. The number of unbranched alkanes of at least 4 members (excludes halogenated alkanes) is 4. The Hall–Kier alpha value is -0.220. The summed E-state index contributed by atoms with van der Waals surface area (Å²) in [5.41, 5.74) is 0. The van der Waals surface area contributed by atoms with Crippen LogP contribution in [0.2, 0.25) is 0 Å². The molecule has 0 aromatic rings. The van der Waals surface area contributed by atoms with Crippen LogP contribution in [-0.2, 0) is 0 Å². The van der Waals surface area contributed by atoms with E-state index in [0.29, 0.717) is 0 Å². The van der Waals surface area contributed by atoms with E-state index in [0.717, 1.165) is 17.3 Å². The summed E-state index contributed by atoms with van der Waals surface area (Å²) in [5.74, 6) is 2.64. The SMILES string of the molecule is C#CCCCCCCC(=C)Br. The fourth-order valence-electron chi connectivity index (χ4n) is 0.897. The van der Waals surface area contributed by atoms with Gasteiger partial charge in [-0.15, -0.1) is 12.3 Å². The molecule has 0 aliphatic heterocycles. The monoisotopic (exact) mass is 214 g/mol. The van der Waals surface area contributed by atoms with E-state index < -0.39 is 0 Å². The summed E-state index contributed by atoms with van der Waals surface area (Å²) in [6, 6.07) is 0. The van der Waals surface area contributed by atoms with Crippen molar-refractivity contribution in [3.8, 4) is 12.3 Å². The molecule has 0 heterocycles. The van der Waals surface area contributed by atoms with E-state index in [2.05, 4.69) is 28.4 Å². The van der Waals surface area contributed by atoms with Crippen LogP contribution in [0.4, 0.5) is 0 Å². The Bertz CT molecular complexity index is 141. The molecule has 0 aliphatic carbocycles. The van der Waals surface area contributed by atoms with E-state index in [1.807, 2.05) is 0 Å². The van der Waals surface area contributed by atoms with Crippen molar-refractivity contribution in [2.24, 2.45) is 0 Å². The molecule has 0 bridgehead atoms. The maximum absolute atomic E-state index is 5.12. The standard InChI is InChI=1S/C10H15Br/c1-3-4-5-6-7-8-9-10(2)11/h1H,2,4-9H2. The number of rotatable bonds is 6. The third-order valence-corrected chi connectivity index (χ3v) is 1.92. The minimum absolute atomic E-state index is 0.926. The molecule has 0 radical (unpaired) electrons. The molecular weight excluding hydrogens is 200 g/mol. The molecule has 0 rings (SSSR count). The summed E-state index contributed by atoms with van der Waals surface area (Å²) in [5, 5.41) is 0. The van der Waals surface area contributed by atoms with Crippen LogP contribution in [-0.4, -0.2) is 0 Å².